The van der Waals surface area contributed by atoms with Crippen LogP contribution < -0.4 is 0 Å². The number of likely N-dealkylation sites (N-methyl/N-ethyl adjacent to an activating group) is 1. The highest BCUT2D eigenvalue weighted by atomic mass is 79.9. The van der Waals surface area contributed by atoms with Crippen molar-refractivity contribution in [1.82, 2.24) is 4.90 Å². The topological polar surface area (TPSA) is 29.5 Å². The van der Waals surface area contributed by atoms with Gasteiger partial charge in [-0.15, -0.1) is 0 Å². The third kappa shape index (κ3) is 4.02. The number of ether oxygens (including phenoxy) is 1. The Hall–Kier alpha value is -0.420. The van der Waals surface area contributed by atoms with Gasteiger partial charge < -0.3 is 9.64 Å². The SMILES string of the molecule is CN(CCC(=O)c1ccc(Br)cc1Cl)C1CCOC1. The Labute approximate surface area is 127 Å². The second kappa shape index (κ2) is 6.84. The van der Waals surface area contributed by atoms with Gasteiger partial charge in [-0.3, -0.25) is 4.79 Å². The summed E-state index contributed by atoms with van der Waals surface area (Å²) in [7, 11) is 2.04. The molecule has 1 heterocycles. The molecule has 1 aromatic carbocycles. The predicted molar refractivity (Wildman–Crippen MR) is 80.0 cm³/mol. The van der Waals surface area contributed by atoms with E-state index in [9.17, 15) is 4.79 Å². The molecule has 19 heavy (non-hydrogen) atoms. The molecule has 1 saturated heterocycles. The van der Waals surface area contributed by atoms with E-state index < -0.39 is 0 Å². The average Bonchev–Trinajstić information content (AvgIpc) is 2.89. The van der Waals surface area contributed by atoms with Crippen LogP contribution in [0.5, 0.6) is 0 Å². The third-order valence-corrected chi connectivity index (χ3v) is 4.26. The first-order valence-corrected chi connectivity index (χ1v) is 7.51. The summed E-state index contributed by atoms with van der Waals surface area (Å²) in [5, 5.41) is 0.506. The number of rotatable bonds is 5. The normalized spacial score (nSPS) is 19.1. The standard InChI is InChI=1S/C14H17BrClNO2/c1-17(11-5-7-19-9-11)6-4-14(18)12-3-2-10(15)8-13(12)16/h2-3,8,11H,4-7,9H2,1H3. The van der Waals surface area contributed by atoms with Gasteiger partial charge in [-0.05, 0) is 31.7 Å². The Balaban J connectivity index is 1.90. The molecule has 1 fully saturated rings. The fourth-order valence-corrected chi connectivity index (χ4v) is 2.96. The first-order chi connectivity index (χ1) is 9.08. The molecular weight excluding hydrogens is 330 g/mol. The highest BCUT2D eigenvalue weighted by Crippen LogP contribution is 2.22. The number of carbonyl (C=O) groups excluding carboxylic acids is 1. The van der Waals surface area contributed by atoms with Gasteiger partial charge in [0.1, 0.15) is 0 Å². The van der Waals surface area contributed by atoms with Gasteiger partial charge in [0.15, 0.2) is 5.78 Å². The molecule has 0 radical (unpaired) electrons. The van der Waals surface area contributed by atoms with E-state index in [0.29, 0.717) is 23.0 Å². The molecular formula is C14H17BrClNO2. The molecule has 104 valence electrons. The second-order valence-corrected chi connectivity index (χ2v) is 6.12. The molecule has 1 aliphatic rings. The molecule has 0 spiro atoms. The molecule has 1 aromatic rings. The van der Waals surface area contributed by atoms with Crippen LogP contribution in [0.4, 0.5) is 0 Å². The lowest BCUT2D eigenvalue weighted by Crippen LogP contribution is -2.33. The Morgan fingerprint density at radius 1 is 1.58 bits per heavy atom. The van der Waals surface area contributed by atoms with Crippen molar-refractivity contribution < 1.29 is 9.53 Å². The number of nitrogens with zero attached hydrogens (tertiary/aromatic N) is 1. The Morgan fingerprint density at radius 3 is 3.00 bits per heavy atom. The molecule has 0 aromatic heterocycles. The average molecular weight is 347 g/mol. The van der Waals surface area contributed by atoms with Gasteiger partial charge >= 0.3 is 0 Å². The van der Waals surface area contributed by atoms with Crippen LogP contribution in [-0.4, -0.2) is 43.5 Å². The minimum absolute atomic E-state index is 0.0864. The number of hydrogen-bond acceptors (Lipinski definition) is 3. The molecule has 1 atom stereocenters. The highest BCUT2D eigenvalue weighted by molar-refractivity contribution is 9.10. The van der Waals surface area contributed by atoms with Crippen LogP contribution in [0.2, 0.25) is 5.02 Å². The molecule has 0 N–H and O–H groups in total. The van der Waals surface area contributed by atoms with E-state index in [1.165, 1.54) is 0 Å². The van der Waals surface area contributed by atoms with Gasteiger partial charge in [-0.2, -0.15) is 0 Å². The Kier molecular flexibility index (Phi) is 5.39. The molecule has 0 bridgehead atoms. The van der Waals surface area contributed by atoms with E-state index in [2.05, 4.69) is 20.8 Å². The van der Waals surface area contributed by atoms with Gasteiger partial charge in [-0.25, -0.2) is 0 Å². The van der Waals surface area contributed by atoms with Gasteiger partial charge in [0.2, 0.25) is 0 Å². The molecule has 3 nitrogen and oxygen atoms in total. The van der Waals surface area contributed by atoms with Crippen LogP contribution in [0.25, 0.3) is 0 Å². The van der Waals surface area contributed by atoms with E-state index in [4.69, 9.17) is 16.3 Å². The maximum Gasteiger partial charge on any atom is 0.165 e. The number of Topliss-reactive ketones (excluding diaryl/α,β-unsaturated/α-hetero) is 1. The van der Waals surface area contributed by atoms with Crippen molar-refractivity contribution in [3.63, 3.8) is 0 Å². The van der Waals surface area contributed by atoms with Crippen LogP contribution in [0, 0.1) is 0 Å². The molecule has 0 saturated carbocycles. The van der Waals surface area contributed by atoms with Crippen molar-refractivity contribution in [2.75, 3.05) is 26.8 Å². The van der Waals surface area contributed by atoms with E-state index in [0.717, 1.165) is 30.7 Å². The maximum atomic E-state index is 12.1. The quantitative estimate of drug-likeness (QED) is 0.765. The maximum absolute atomic E-state index is 12.1. The van der Waals surface area contributed by atoms with Gasteiger partial charge in [0, 0.05) is 35.7 Å². The monoisotopic (exact) mass is 345 g/mol. The smallest absolute Gasteiger partial charge is 0.165 e. The van der Waals surface area contributed by atoms with E-state index >= 15 is 0 Å². The highest BCUT2D eigenvalue weighted by Gasteiger charge is 2.21. The minimum atomic E-state index is 0.0864. The lowest BCUT2D eigenvalue weighted by atomic mass is 10.1. The van der Waals surface area contributed by atoms with Gasteiger partial charge in [-0.1, -0.05) is 27.5 Å². The van der Waals surface area contributed by atoms with Crippen molar-refractivity contribution in [2.45, 2.75) is 18.9 Å². The van der Waals surface area contributed by atoms with E-state index in [-0.39, 0.29) is 5.78 Å². The summed E-state index contributed by atoms with van der Waals surface area (Å²) in [6.45, 7) is 2.32. The van der Waals surface area contributed by atoms with Crippen molar-refractivity contribution in [1.29, 1.82) is 0 Å². The van der Waals surface area contributed by atoms with Crippen molar-refractivity contribution in [3.05, 3.63) is 33.3 Å². The summed E-state index contributed by atoms with van der Waals surface area (Å²) in [4.78, 5) is 14.3. The summed E-state index contributed by atoms with van der Waals surface area (Å²) < 4.78 is 6.23. The van der Waals surface area contributed by atoms with Crippen molar-refractivity contribution in [3.8, 4) is 0 Å². The van der Waals surface area contributed by atoms with Crippen LogP contribution in [0.1, 0.15) is 23.2 Å². The first kappa shape index (κ1) is 15.0. The summed E-state index contributed by atoms with van der Waals surface area (Å²) in [6.07, 6.45) is 1.53. The summed E-state index contributed by atoms with van der Waals surface area (Å²) in [6, 6.07) is 5.80. The summed E-state index contributed by atoms with van der Waals surface area (Å²) >= 11 is 9.42. The molecule has 0 amide bonds. The van der Waals surface area contributed by atoms with Crippen molar-refractivity contribution >= 4 is 33.3 Å². The molecule has 2 rings (SSSR count). The summed E-state index contributed by atoms with van der Waals surface area (Å²) in [5.74, 6) is 0.0864. The predicted octanol–water partition coefficient (Wildman–Crippen LogP) is 3.40. The number of benzene rings is 1. The Bertz CT molecular complexity index is 461. The number of hydrogen-bond donors (Lipinski definition) is 0. The fourth-order valence-electron chi connectivity index (χ4n) is 2.18. The van der Waals surface area contributed by atoms with Crippen LogP contribution in [-0.2, 0) is 4.74 Å². The zero-order chi connectivity index (χ0) is 13.8. The molecule has 1 aliphatic heterocycles. The minimum Gasteiger partial charge on any atom is -0.380 e. The zero-order valence-corrected chi connectivity index (χ0v) is 13.2. The molecule has 5 heteroatoms. The largest absolute Gasteiger partial charge is 0.380 e. The number of halogens is 2. The van der Waals surface area contributed by atoms with E-state index in [1.807, 2.05) is 13.1 Å². The Morgan fingerprint density at radius 2 is 2.37 bits per heavy atom. The van der Waals surface area contributed by atoms with Crippen LogP contribution in [0.3, 0.4) is 0 Å². The van der Waals surface area contributed by atoms with Crippen molar-refractivity contribution in [2.24, 2.45) is 0 Å². The zero-order valence-electron chi connectivity index (χ0n) is 10.9. The third-order valence-electron chi connectivity index (χ3n) is 3.45. The molecule has 0 aliphatic carbocycles. The van der Waals surface area contributed by atoms with Crippen LogP contribution >= 0.6 is 27.5 Å². The van der Waals surface area contributed by atoms with E-state index in [1.54, 1.807) is 12.1 Å². The fraction of sp³-hybridized carbons (Fsp3) is 0.500. The lowest BCUT2D eigenvalue weighted by molar-refractivity contribution is 0.0954. The number of ketones is 1. The second-order valence-electron chi connectivity index (χ2n) is 4.80. The van der Waals surface area contributed by atoms with Gasteiger partial charge in [0.05, 0.1) is 11.6 Å². The lowest BCUT2D eigenvalue weighted by Gasteiger charge is -2.22. The molecule has 1 unspecified atom stereocenters. The van der Waals surface area contributed by atoms with Gasteiger partial charge in [0.25, 0.3) is 0 Å². The number of carbonyl (C=O) groups is 1. The van der Waals surface area contributed by atoms with Crippen LogP contribution in [0.15, 0.2) is 22.7 Å². The summed E-state index contributed by atoms with van der Waals surface area (Å²) in [5.41, 5.74) is 0.598. The first-order valence-electron chi connectivity index (χ1n) is 6.34.